The zero-order valence-electron chi connectivity index (χ0n) is 13.8. The Hall–Kier alpha value is -1.40. The molecule has 6 nitrogen and oxygen atoms in total. The smallest absolute Gasteiger partial charge is 0.146 e. The van der Waals surface area contributed by atoms with Crippen molar-refractivity contribution in [2.45, 2.75) is 71.4 Å². The molecule has 1 aliphatic heterocycles. The van der Waals surface area contributed by atoms with Gasteiger partial charge in [0.15, 0.2) is 0 Å². The van der Waals surface area contributed by atoms with E-state index in [1.165, 1.54) is 19.3 Å². The number of hydrazine groups is 2. The van der Waals surface area contributed by atoms with Crippen LogP contribution in [-0.2, 0) is 5.41 Å². The third-order valence-electron chi connectivity index (χ3n) is 3.98. The largest absolute Gasteiger partial charge is 0.308 e. The third-order valence-corrected chi connectivity index (χ3v) is 3.98. The highest BCUT2D eigenvalue weighted by Gasteiger charge is 2.26. The maximum Gasteiger partial charge on any atom is 0.146 e. The molecule has 0 bridgehead atoms. The van der Waals surface area contributed by atoms with Gasteiger partial charge in [-0.2, -0.15) is 0 Å². The normalized spacial score (nSPS) is 23.9. The number of hydrogen-bond donors (Lipinski definition) is 3. The SMILES string of the molecule is CC1CCCC(C)N1Nc1cc(NN)nc(C(C)(C)C)n1. The predicted molar refractivity (Wildman–Crippen MR) is 86.8 cm³/mol. The van der Waals surface area contributed by atoms with Crippen LogP contribution in [0.2, 0.25) is 0 Å². The van der Waals surface area contributed by atoms with Gasteiger partial charge in [-0.25, -0.2) is 20.8 Å². The molecule has 118 valence electrons. The fourth-order valence-electron chi connectivity index (χ4n) is 2.69. The lowest BCUT2D eigenvalue weighted by Gasteiger charge is -2.39. The van der Waals surface area contributed by atoms with Crippen LogP contribution in [0.3, 0.4) is 0 Å². The van der Waals surface area contributed by atoms with E-state index in [4.69, 9.17) is 5.84 Å². The second-order valence-electron chi connectivity index (χ2n) is 7.00. The van der Waals surface area contributed by atoms with Crippen molar-refractivity contribution < 1.29 is 0 Å². The first-order valence-corrected chi connectivity index (χ1v) is 7.72. The highest BCUT2D eigenvalue weighted by Crippen LogP contribution is 2.25. The van der Waals surface area contributed by atoms with E-state index in [0.717, 1.165) is 11.6 Å². The van der Waals surface area contributed by atoms with Crippen LogP contribution in [0.1, 0.15) is 59.7 Å². The van der Waals surface area contributed by atoms with Gasteiger partial charge in [0.1, 0.15) is 17.5 Å². The van der Waals surface area contributed by atoms with Gasteiger partial charge in [0.05, 0.1) is 0 Å². The number of nitrogens with one attached hydrogen (secondary N) is 2. The summed E-state index contributed by atoms with van der Waals surface area (Å²) in [6.07, 6.45) is 3.69. The van der Waals surface area contributed by atoms with Crippen LogP contribution in [0, 0.1) is 0 Å². The quantitative estimate of drug-likeness (QED) is 0.587. The van der Waals surface area contributed by atoms with Gasteiger partial charge in [-0.1, -0.05) is 27.2 Å². The summed E-state index contributed by atoms with van der Waals surface area (Å²) in [5, 5.41) is 2.29. The number of nitrogens with two attached hydrogens (primary N) is 1. The van der Waals surface area contributed by atoms with Crippen molar-refractivity contribution in [3.8, 4) is 0 Å². The minimum absolute atomic E-state index is 0.123. The Labute approximate surface area is 127 Å². The molecule has 0 saturated carbocycles. The first-order valence-electron chi connectivity index (χ1n) is 7.72. The van der Waals surface area contributed by atoms with E-state index in [0.29, 0.717) is 17.9 Å². The lowest BCUT2D eigenvalue weighted by Crippen LogP contribution is -2.47. The van der Waals surface area contributed by atoms with Gasteiger partial charge >= 0.3 is 0 Å². The van der Waals surface area contributed by atoms with E-state index >= 15 is 0 Å². The Balaban J connectivity index is 2.26. The topological polar surface area (TPSA) is 79.1 Å². The van der Waals surface area contributed by atoms with E-state index in [1.54, 1.807) is 0 Å². The van der Waals surface area contributed by atoms with Crippen LogP contribution < -0.4 is 16.7 Å². The van der Waals surface area contributed by atoms with Gasteiger partial charge in [-0.3, -0.25) is 0 Å². The van der Waals surface area contributed by atoms with E-state index < -0.39 is 0 Å². The Morgan fingerprint density at radius 3 is 2.24 bits per heavy atom. The molecule has 2 atom stereocenters. The van der Waals surface area contributed by atoms with E-state index in [9.17, 15) is 0 Å². The number of hydrogen-bond acceptors (Lipinski definition) is 6. The fourth-order valence-corrected chi connectivity index (χ4v) is 2.69. The average Bonchev–Trinajstić information content (AvgIpc) is 2.42. The van der Waals surface area contributed by atoms with Crippen molar-refractivity contribution >= 4 is 11.6 Å². The molecule has 6 heteroatoms. The monoisotopic (exact) mass is 292 g/mol. The zero-order valence-corrected chi connectivity index (χ0v) is 13.8. The molecular formula is C15H28N6. The Kier molecular flexibility index (Phi) is 4.68. The summed E-state index contributed by atoms with van der Waals surface area (Å²) in [6.45, 7) is 10.8. The molecule has 0 aliphatic carbocycles. The molecule has 2 rings (SSSR count). The molecule has 1 saturated heterocycles. The maximum atomic E-state index is 5.54. The molecule has 0 spiro atoms. The van der Waals surface area contributed by atoms with Crippen molar-refractivity contribution in [1.82, 2.24) is 15.0 Å². The number of nitrogen functional groups attached to an aromatic ring is 1. The predicted octanol–water partition coefficient (Wildman–Crippen LogP) is 2.65. The highest BCUT2D eigenvalue weighted by atomic mass is 15.5. The van der Waals surface area contributed by atoms with Gasteiger partial charge in [0.2, 0.25) is 0 Å². The van der Waals surface area contributed by atoms with Crippen molar-refractivity contribution in [3.63, 3.8) is 0 Å². The Bertz CT molecular complexity index is 472. The van der Waals surface area contributed by atoms with E-state index in [1.807, 2.05) is 6.07 Å². The molecule has 21 heavy (non-hydrogen) atoms. The molecule has 1 fully saturated rings. The molecule has 1 aromatic rings. The molecule has 2 unspecified atom stereocenters. The number of nitrogens with zero attached hydrogens (tertiary/aromatic N) is 3. The highest BCUT2D eigenvalue weighted by molar-refractivity contribution is 5.47. The van der Waals surface area contributed by atoms with Crippen molar-refractivity contribution in [2.24, 2.45) is 5.84 Å². The van der Waals surface area contributed by atoms with Crippen LogP contribution in [0.4, 0.5) is 11.6 Å². The molecule has 4 N–H and O–H groups in total. The summed E-state index contributed by atoms with van der Waals surface area (Å²) in [6, 6.07) is 2.84. The average molecular weight is 292 g/mol. The number of anilines is 2. The van der Waals surface area contributed by atoms with Crippen LogP contribution in [0.5, 0.6) is 0 Å². The van der Waals surface area contributed by atoms with Gasteiger partial charge in [0, 0.05) is 23.6 Å². The second-order valence-corrected chi connectivity index (χ2v) is 7.00. The minimum Gasteiger partial charge on any atom is -0.308 e. The first-order chi connectivity index (χ1) is 9.81. The minimum atomic E-state index is -0.123. The summed E-state index contributed by atoms with van der Waals surface area (Å²) in [5.41, 5.74) is 5.96. The summed E-state index contributed by atoms with van der Waals surface area (Å²) in [5.74, 6) is 7.74. The van der Waals surface area contributed by atoms with E-state index in [-0.39, 0.29) is 5.41 Å². The molecule has 0 radical (unpaired) electrons. The molecule has 0 amide bonds. The third kappa shape index (κ3) is 3.83. The van der Waals surface area contributed by atoms with Gasteiger partial charge in [-0.15, -0.1) is 0 Å². The van der Waals surface area contributed by atoms with Crippen LogP contribution >= 0.6 is 0 Å². The van der Waals surface area contributed by atoms with Gasteiger partial charge in [-0.05, 0) is 26.7 Å². The standard InChI is InChI=1S/C15H28N6/c1-10-7-6-8-11(2)21(10)20-13-9-12(19-16)17-14(18-13)15(3,4)5/h9-11H,6-8,16H2,1-5H3,(H2,17,18,19,20). The lowest BCUT2D eigenvalue weighted by molar-refractivity contribution is 0.135. The first kappa shape index (κ1) is 16.0. The molecule has 2 heterocycles. The van der Waals surface area contributed by atoms with Crippen molar-refractivity contribution in [2.75, 3.05) is 10.9 Å². The maximum absolute atomic E-state index is 5.54. The fraction of sp³-hybridized carbons (Fsp3) is 0.733. The second kappa shape index (κ2) is 6.15. The Morgan fingerprint density at radius 2 is 1.71 bits per heavy atom. The van der Waals surface area contributed by atoms with Crippen LogP contribution in [-0.4, -0.2) is 27.1 Å². The number of piperidine rings is 1. The lowest BCUT2D eigenvalue weighted by atomic mass is 9.96. The molecular weight excluding hydrogens is 264 g/mol. The molecule has 1 aliphatic rings. The zero-order chi connectivity index (χ0) is 15.6. The summed E-state index contributed by atoms with van der Waals surface area (Å²) in [4.78, 5) is 9.10. The summed E-state index contributed by atoms with van der Waals surface area (Å²) < 4.78 is 0. The van der Waals surface area contributed by atoms with Gasteiger partial charge in [0.25, 0.3) is 0 Å². The molecule has 1 aromatic heterocycles. The van der Waals surface area contributed by atoms with Crippen LogP contribution in [0.25, 0.3) is 0 Å². The summed E-state index contributed by atoms with van der Waals surface area (Å²) >= 11 is 0. The number of rotatable bonds is 3. The van der Waals surface area contributed by atoms with Crippen LogP contribution in [0.15, 0.2) is 6.07 Å². The van der Waals surface area contributed by atoms with Crippen molar-refractivity contribution in [3.05, 3.63) is 11.9 Å². The van der Waals surface area contributed by atoms with Gasteiger partial charge < -0.3 is 10.9 Å². The van der Waals surface area contributed by atoms with Crippen molar-refractivity contribution in [1.29, 1.82) is 0 Å². The van der Waals surface area contributed by atoms with E-state index in [2.05, 4.69) is 60.4 Å². The Morgan fingerprint density at radius 1 is 1.14 bits per heavy atom. The summed E-state index contributed by atoms with van der Waals surface area (Å²) in [7, 11) is 0. The molecule has 0 aromatic carbocycles. The number of aromatic nitrogens is 2.